The summed E-state index contributed by atoms with van der Waals surface area (Å²) >= 11 is 11.6. The van der Waals surface area contributed by atoms with E-state index >= 15 is 0 Å². The van der Waals surface area contributed by atoms with Crippen LogP contribution in [0.3, 0.4) is 0 Å². The van der Waals surface area contributed by atoms with Crippen LogP contribution >= 0.6 is 23.8 Å². The molecule has 30 heavy (non-hydrogen) atoms. The second-order valence-electron chi connectivity index (χ2n) is 6.33. The number of anilines is 1. The van der Waals surface area contributed by atoms with Gasteiger partial charge in [-0.2, -0.15) is 4.80 Å². The van der Waals surface area contributed by atoms with Crippen LogP contribution in [0.15, 0.2) is 78.9 Å². The maximum absolute atomic E-state index is 12.1. The number of aromatic nitrogens is 3. The van der Waals surface area contributed by atoms with Crippen molar-refractivity contribution < 1.29 is 4.79 Å². The maximum Gasteiger partial charge on any atom is 0.250 e. The number of carbonyl (C=O) groups excluding carboxylic acids is 1. The maximum atomic E-state index is 12.1. The monoisotopic (exact) mass is 433 g/mol. The molecule has 0 unspecified atom stereocenters. The molecule has 1 amide bonds. The van der Waals surface area contributed by atoms with Crippen molar-refractivity contribution in [3.8, 4) is 5.69 Å². The Bertz CT molecular complexity index is 1240. The SMILES string of the molecule is O=C(/C=C/c1ccccc1)NC(=S)Nc1cc2nn(-c3ccccc3)nc2cc1Cl. The molecule has 1 aromatic heterocycles. The van der Waals surface area contributed by atoms with E-state index in [0.29, 0.717) is 21.7 Å². The van der Waals surface area contributed by atoms with Crippen molar-refractivity contribution in [1.82, 2.24) is 20.3 Å². The highest BCUT2D eigenvalue weighted by molar-refractivity contribution is 7.80. The molecule has 0 bridgehead atoms. The van der Waals surface area contributed by atoms with Crippen LogP contribution < -0.4 is 10.6 Å². The van der Waals surface area contributed by atoms with Crippen molar-refractivity contribution in [3.63, 3.8) is 0 Å². The van der Waals surface area contributed by atoms with E-state index in [4.69, 9.17) is 23.8 Å². The predicted octanol–water partition coefficient (Wildman–Crippen LogP) is 4.60. The van der Waals surface area contributed by atoms with Crippen molar-refractivity contribution in [2.45, 2.75) is 0 Å². The van der Waals surface area contributed by atoms with Crippen molar-refractivity contribution in [2.75, 3.05) is 5.32 Å². The first kappa shape index (κ1) is 19.8. The second kappa shape index (κ2) is 8.86. The van der Waals surface area contributed by atoms with Gasteiger partial charge in [0, 0.05) is 6.08 Å². The van der Waals surface area contributed by atoms with Crippen LogP contribution in [0.4, 0.5) is 5.69 Å². The highest BCUT2D eigenvalue weighted by Gasteiger charge is 2.11. The Morgan fingerprint density at radius 3 is 2.30 bits per heavy atom. The topological polar surface area (TPSA) is 71.8 Å². The molecular weight excluding hydrogens is 418 g/mol. The van der Waals surface area contributed by atoms with E-state index in [1.807, 2.05) is 60.7 Å². The Kier molecular flexibility index (Phi) is 5.83. The van der Waals surface area contributed by atoms with E-state index in [1.54, 1.807) is 23.0 Å². The molecule has 1 heterocycles. The number of nitrogens with zero attached hydrogens (tertiary/aromatic N) is 3. The summed E-state index contributed by atoms with van der Waals surface area (Å²) in [6.07, 6.45) is 3.12. The van der Waals surface area contributed by atoms with Gasteiger partial charge in [0.25, 0.3) is 0 Å². The van der Waals surface area contributed by atoms with Crippen LogP contribution in [0.25, 0.3) is 22.8 Å². The molecule has 3 aromatic carbocycles. The number of nitrogens with one attached hydrogen (secondary N) is 2. The standard InChI is InChI=1S/C22H16ClN5OS/c23-17-13-19-20(27-28(26-19)16-9-5-2-6-10-16)14-18(17)24-22(30)25-21(29)12-11-15-7-3-1-4-8-15/h1-14H,(H2,24,25,29,30)/b12-11+. The van der Waals surface area contributed by atoms with Gasteiger partial charge in [0.15, 0.2) is 5.11 Å². The quantitative estimate of drug-likeness (QED) is 0.363. The Balaban J connectivity index is 1.46. The van der Waals surface area contributed by atoms with E-state index in [-0.39, 0.29) is 11.0 Å². The first-order chi connectivity index (χ1) is 14.6. The van der Waals surface area contributed by atoms with Crippen LogP contribution in [0.1, 0.15) is 5.56 Å². The van der Waals surface area contributed by atoms with Crippen LogP contribution in [0, 0.1) is 0 Å². The number of amides is 1. The van der Waals surface area contributed by atoms with Gasteiger partial charge in [-0.05, 0) is 48.1 Å². The van der Waals surface area contributed by atoms with Gasteiger partial charge in [-0.1, -0.05) is 60.1 Å². The van der Waals surface area contributed by atoms with Gasteiger partial charge in [-0.25, -0.2) is 0 Å². The van der Waals surface area contributed by atoms with Crippen LogP contribution in [0.5, 0.6) is 0 Å². The molecular formula is C22H16ClN5OS. The molecule has 8 heteroatoms. The van der Waals surface area contributed by atoms with Gasteiger partial charge in [0.2, 0.25) is 5.91 Å². The smallest absolute Gasteiger partial charge is 0.250 e. The predicted molar refractivity (Wildman–Crippen MR) is 124 cm³/mol. The number of fused-ring (bicyclic) bond motifs is 1. The van der Waals surface area contributed by atoms with Crippen molar-refractivity contribution >= 4 is 57.6 Å². The third-order valence-corrected chi connectivity index (χ3v) is 4.68. The summed E-state index contributed by atoms with van der Waals surface area (Å²) in [7, 11) is 0. The lowest BCUT2D eigenvalue weighted by atomic mass is 10.2. The van der Waals surface area contributed by atoms with Crippen molar-refractivity contribution in [2.24, 2.45) is 0 Å². The molecule has 6 nitrogen and oxygen atoms in total. The first-order valence-corrected chi connectivity index (χ1v) is 9.84. The third-order valence-electron chi connectivity index (χ3n) is 4.17. The normalized spacial score (nSPS) is 11.0. The zero-order valence-electron chi connectivity index (χ0n) is 15.6. The van der Waals surface area contributed by atoms with E-state index in [2.05, 4.69) is 20.8 Å². The summed E-state index contributed by atoms with van der Waals surface area (Å²) in [5.41, 5.74) is 3.58. The second-order valence-corrected chi connectivity index (χ2v) is 7.15. The molecule has 148 valence electrons. The molecule has 0 aliphatic rings. The van der Waals surface area contributed by atoms with E-state index in [9.17, 15) is 4.79 Å². The molecule has 0 aliphatic carbocycles. The number of rotatable bonds is 4. The van der Waals surface area contributed by atoms with Gasteiger partial charge in [-0.15, -0.1) is 10.2 Å². The minimum Gasteiger partial charge on any atom is -0.331 e. The van der Waals surface area contributed by atoms with Gasteiger partial charge < -0.3 is 5.32 Å². The van der Waals surface area contributed by atoms with Crippen LogP contribution in [0.2, 0.25) is 5.02 Å². The number of halogens is 1. The summed E-state index contributed by atoms with van der Waals surface area (Å²) in [4.78, 5) is 13.6. The molecule has 4 aromatic rings. The number of thiocarbonyl (C=S) groups is 1. The Hall–Kier alpha value is -3.55. The van der Waals surface area contributed by atoms with Crippen LogP contribution in [-0.2, 0) is 4.79 Å². The fourth-order valence-electron chi connectivity index (χ4n) is 2.75. The summed E-state index contributed by atoms with van der Waals surface area (Å²) in [6.45, 7) is 0. The fourth-order valence-corrected chi connectivity index (χ4v) is 3.17. The summed E-state index contributed by atoms with van der Waals surface area (Å²) in [5.74, 6) is -0.344. The van der Waals surface area contributed by atoms with Crippen molar-refractivity contribution in [3.05, 3.63) is 89.5 Å². The molecule has 0 saturated heterocycles. The third kappa shape index (κ3) is 4.71. The molecule has 2 N–H and O–H groups in total. The zero-order valence-corrected chi connectivity index (χ0v) is 17.2. The lowest BCUT2D eigenvalue weighted by Crippen LogP contribution is -2.32. The van der Waals surface area contributed by atoms with Gasteiger partial charge in [0.1, 0.15) is 11.0 Å². The molecule has 4 rings (SSSR count). The molecule has 0 spiro atoms. The molecule has 0 radical (unpaired) electrons. The van der Waals surface area contributed by atoms with Crippen LogP contribution in [-0.4, -0.2) is 26.0 Å². The average molecular weight is 434 g/mol. The first-order valence-electron chi connectivity index (χ1n) is 9.05. The summed E-state index contributed by atoms with van der Waals surface area (Å²) in [6, 6.07) is 22.5. The lowest BCUT2D eigenvalue weighted by molar-refractivity contribution is -0.115. The molecule has 0 fully saturated rings. The lowest BCUT2D eigenvalue weighted by Gasteiger charge is -2.09. The highest BCUT2D eigenvalue weighted by atomic mass is 35.5. The summed E-state index contributed by atoms with van der Waals surface area (Å²) < 4.78 is 0. The van der Waals surface area contributed by atoms with E-state index in [1.165, 1.54) is 6.08 Å². The Morgan fingerprint density at radius 1 is 0.967 bits per heavy atom. The largest absolute Gasteiger partial charge is 0.331 e. The average Bonchev–Trinajstić information content (AvgIpc) is 3.16. The molecule has 0 aliphatic heterocycles. The zero-order chi connectivity index (χ0) is 20.9. The number of para-hydroxylation sites is 1. The Morgan fingerprint density at radius 2 is 1.60 bits per heavy atom. The number of hydrogen-bond acceptors (Lipinski definition) is 4. The highest BCUT2D eigenvalue weighted by Crippen LogP contribution is 2.27. The number of carbonyl (C=O) groups is 1. The van der Waals surface area contributed by atoms with Crippen molar-refractivity contribution in [1.29, 1.82) is 0 Å². The molecule has 0 atom stereocenters. The number of hydrogen-bond donors (Lipinski definition) is 2. The minimum atomic E-state index is -0.344. The Labute approximate surface area is 183 Å². The molecule has 0 saturated carbocycles. The number of benzene rings is 3. The van der Waals surface area contributed by atoms with E-state index < -0.39 is 0 Å². The van der Waals surface area contributed by atoms with Gasteiger partial charge >= 0.3 is 0 Å². The van der Waals surface area contributed by atoms with Gasteiger partial charge in [-0.3, -0.25) is 10.1 Å². The van der Waals surface area contributed by atoms with E-state index in [0.717, 1.165) is 11.3 Å². The fraction of sp³-hybridized carbons (Fsp3) is 0. The van der Waals surface area contributed by atoms with Gasteiger partial charge in [0.05, 0.1) is 16.4 Å². The summed E-state index contributed by atoms with van der Waals surface area (Å²) in [5, 5.41) is 15.0. The minimum absolute atomic E-state index is 0.134.